The number of hydrogen-bond acceptors (Lipinski definition) is 2. The molecule has 0 saturated carbocycles. The van der Waals surface area contributed by atoms with Crippen LogP contribution in [0, 0.1) is 0 Å². The summed E-state index contributed by atoms with van der Waals surface area (Å²) in [7, 11) is 0. The fraction of sp³-hybridized carbons (Fsp3) is 0.250. The second-order valence-electron chi connectivity index (χ2n) is 4.47. The summed E-state index contributed by atoms with van der Waals surface area (Å²) >= 11 is 0. The molecule has 98 valence electrons. The molecule has 19 heavy (non-hydrogen) atoms. The normalized spacial score (nSPS) is 10.4. The van der Waals surface area contributed by atoms with E-state index in [1.807, 2.05) is 36.5 Å². The van der Waals surface area contributed by atoms with Crippen LogP contribution in [-0.2, 0) is 6.54 Å². The first kappa shape index (κ1) is 13.3. The summed E-state index contributed by atoms with van der Waals surface area (Å²) in [6.07, 6.45) is 4.15. The minimum absolute atomic E-state index is 0.235. The highest BCUT2D eigenvalue weighted by atomic mass is 16.4. The van der Waals surface area contributed by atoms with Crippen LogP contribution in [0.15, 0.2) is 48.7 Å². The van der Waals surface area contributed by atoms with Gasteiger partial charge < -0.3 is 9.90 Å². The summed E-state index contributed by atoms with van der Waals surface area (Å²) in [5, 5.41) is 11.2. The van der Waals surface area contributed by atoms with Gasteiger partial charge in [-0.25, -0.2) is 0 Å². The van der Waals surface area contributed by atoms with Crippen molar-refractivity contribution >= 4 is 5.97 Å². The lowest BCUT2D eigenvalue weighted by Crippen LogP contribution is -2.36. The standard InChI is InChI=1S/C16H17NO2/c1-2-3-11-17-12-7-6-10-15(17)13-8-4-5-9-14(13)16(18)19/h4-10,12H,2-3,11H2,1H3. The maximum Gasteiger partial charge on any atom is 0.213 e. The lowest BCUT2D eigenvalue weighted by molar-refractivity contribution is -0.686. The molecule has 0 bridgehead atoms. The van der Waals surface area contributed by atoms with E-state index in [4.69, 9.17) is 0 Å². The van der Waals surface area contributed by atoms with Gasteiger partial charge in [-0.15, -0.1) is 0 Å². The Morgan fingerprint density at radius 3 is 2.63 bits per heavy atom. The van der Waals surface area contributed by atoms with Gasteiger partial charge in [0.05, 0.1) is 11.5 Å². The van der Waals surface area contributed by atoms with E-state index in [0.717, 1.165) is 25.1 Å². The second-order valence-corrected chi connectivity index (χ2v) is 4.47. The molecule has 2 rings (SSSR count). The molecule has 3 heteroatoms. The van der Waals surface area contributed by atoms with Gasteiger partial charge in [0.2, 0.25) is 5.69 Å². The van der Waals surface area contributed by atoms with Crippen LogP contribution in [0.4, 0.5) is 0 Å². The minimum Gasteiger partial charge on any atom is -0.545 e. The number of aromatic carboxylic acids is 1. The first-order chi connectivity index (χ1) is 9.24. The molecule has 0 aliphatic carbocycles. The zero-order valence-electron chi connectivity index (χ0n) is 11.0. The number of rotatable bonds is 5. The number of carboxylic acids is 1. The van der Waals surface area contributed by atoms with Crippen LogP contribution in [-0.4, -0.2) is 5.97 Å². The van der Waals surface area contributed by atoms with Crippen molar-refractivity contribution in [3.05, 3.63) is 54.2 Å². The van der Waals surface area contributed by atoms with E-state index in [1.54, 1.807) is 12.1 Å². The number of carbonyl (C=O) groups excluding carboxylic acids is 1. The number of hydrogen-bond donors (Lipinski definition) is 0. The summed E-state index contributed by atoms with van der Waals surface area (Å²) in [6, 6.07) is 12.8. The summed E-state index contributed by atoms with van der Waals surface area (Å²) in [6.45, 7) is 3.02. The number of carboxylic acid groups (broad SMARTS) is 1. The molecule has 0 radical (unpaired) electrons. The molecule has 2 aromatic rings. The quantitative estimate of drug-likeness (QED) is 0.765. The number of pyridine rings is 1. The van der Waals surface area contributed by atoms with Gasteiger partial charge >= 0.3 is 0 Å². The molecule has 3 nitrogen and oxygen atoms in total. The number of carbonyl (C=O) groups is 1. The largest absolute Gasteiger partial charge is 0.545 e. The van der Waals surface area contributed by atoms with Crippen LogP contribution in [0.3, 0.4) is 0 Å². The fourth-order valence-corrected chi connectivity index (χ4v) is 2.13. The Labute approximate surface area is 113 Å². The fourth-order valence-electron chi connectivity index (χ4n) is 2.13. The summed E-state index contributed by atoms with van der Waals surface area (Å²) < 4.78 is 2.09. The van der Waals surface area contributed by atoms with Crippen LogP contribution >= 0.6 is 0 Å². The molecule has 0 N–H and O–H groups in total. The van der Waals surface area contributed by atoms with Crippen molar-refractivity contribution in [1.82, 2.24) is 0 Å². The van der Waals surface area contributed by atoms with Gasteiger partial charge in [0.15, 0.2) is 6.20 Å². The van der Waals surface area contributed by atoms with Crippen LogP contribution in [0.2, 0.25) is 0 Å². The highest BCUT2D eigenvalue weighted by molar-refractivity contribution is 5.93. The Kier molecular flexibility index (Phi) is 4.29. The summed E-state index contributed by atoms with van der Waals surface area (Å²) in [4.78, 5) is 11.2. The zero-order valence-corrected chi connectivity index (χ0v) is 11.0. The molecule has 1 aromatic carbocycles. The average molecular weight is 255 g/mol. The predicted molar refractivity (Wildman–Crippen MR) is 71.3 cm³/mol. The van der Waals surface area contributed by atoms with E-state index in [2.05, 4.69) is 11.5 Å². The highest BCUT2D eigenvalue weighted by Gasteiger charge is 2.15. The van der Waals surface area contributed by atoms with Gasteiger partial charge in [-0.1, -0.05) is 31.5 Å². The van der Waals surface area contributed by atoms with E-state index in [0.29, 0.717) is 5.56 Å². The van der Waals surface area contributed by atoms with Crippen molar-refractivity contribution in [3.63, 3.8) is 0 Å². The van der Waals surface area contributed by atoms with Crippen LogP contribution < -0.4 is 9.67 Å². The van der Waals surface area contributed by atoms with Gasteiger partial charge in [-0.3, -0.25) is 0 Å². The van der Waals surface area contributed by atoms with E-state index in [9.17, 15) is 9.90 Å². The lowest BCUT2D eigenvalue weighted by atomic mass is 10.0. The number of aromatic nitrogens is 1. The smallest absolute Gasteiger partial charge is 0.213 e. The molecule has 0 spiro atoms. The third-order valence-corrected chi connectivity index (χ3v) is 3.12. The first-order valence-electron chi connectivity index (χ1n) is 6.53. The molecule has 0 atom stereocenters. The number of unbranched alkanes of at least 4 members (excludes halogenated alkanes) is 1. The van der Waals surface area contributed by atoms with E-state index in [1.165, 1.54) is 0 Å². The molecule has 0 aliphatic rings. The Balaban J connectivity index is 2.50. The topological polar surface area (TPSA) is 44.0 Å². The minimum atomic E-state index is -1.14. The average Bonchev–Trinajstić information content (AvgIpc) is 2.45. The third kappa shape index (κ3) is 2.99. The highest BCUT2D eigenvalue weighted by Crippen LogP contribution is 2.20. The Morgan fingerprint density at radius 1 is 1.16 bits per heavy atom. The Morgan fingerprint density at radius 2 is 1.89 bits per heavy atom. The zero-order chi connectivity index (χ0) is 13.7. The van der Waals surface area contributed by atoms with Crippen molar-refractivity contribution in [3.8, 4) is 11.3 Å². The van der Waals surface area contributed by atoms with Gasteiger partial charge in [-0.2, -0.15) is 4.57 Å². The maximum absolute atomic E-state index is 11.2. The van der Waals surface area contributed by atoms with Gasteiger partial charge in [0, 0.05) is 24.1 Å². The Hall–Kier alpha value is -2.16. The summed E-state index contributed by atoms with van der Waals surface area (Å²) in [5.41, 5.74) is 1.86. The van der Waals surface area contributed by atoms with Crippen molar-refractivity contribution in [2.45, 2.75) is 26.3 Å². The van der Waals surface area contributed by atoms with E-state index >= 15 is 0 Å². The molecule has 1 aromatic heterocycles. The summed E-state index contributed by atoms with van der Waals surface area (Å²) in [5.74, 6) is -1.14. The number of aryl methyl sites for hydroxylation is 1. The Bertz CT molecular complexity index is 578. The van der Waals surface area contributed by atoms with E-state index in [-0.39, 0.29) is 5.56 Å². The lowest BCUT2D eigenvalue weighted by Gasteiger charge is -2.09. The molecular formula is C16H17NO2. The first-order valence-corrected chi connectivity index (χ1v) is 6.53. The predicted octanol–water partition coefficient (Wildman–Crippen LogP) is 1.80. The van der Waals surface area contributed by atoms with E-state index < -0.39 is 5.97 Å². The third-order valence-electron chi connectivity index (χ3n) is 3.12. The molecule has 0 aliphatic heterocycles. The SMILES string of the molecule is CCCC[n+]1ccccc1-c1ccccc1C(=O)[O-]. The van der Waals surface area contributed by atoms with Crippen molar-refractivity contribution in [2.75, 3.05) is 0 Å². The van der Waals surface area contributed by atoms with Crippen LogP contribution in [0.1, 0.15) is 30.1 Å². The van der Waals surface area contributed by atoms with Crippen molar-refractivity contribution in [1.29, 1.82) is 0 Å². The van der Waals surface area contributed by atoms with Crippen LogP contribution in [0.5, 0.6) is 0 Å². The molecule has 0 fully saturated rings. The molecule has 0 saturated heterocycles. The molecule has 0 unspecified atom stereocenters. The monoisotopic (exact) mass is 255 g/mol. The van der Waals surface area contributed by atoms with Gasteiger partial charge in [0.25, 0.3) is 0 Å². The van der Waals surface area contributed by atoms with Crippen molar-refractivity contribution < 1.29 is 14.5 Å². The second kappa shape index (κ2) is 6.14. The van der Waals surface area contributed by atoms with Gasteiger partial charge in [-0.05, 0) is 12.1 Å². The number of nitrogens with zero attached hydrogens (tertiary/aromatic N) is 1. The molecular weight excluding hydrogens is 238 g/mol. The maximum atomic E-state index is 11.2. The number of benzene rings is 1. The van der Waals surface area contributed by atoms with Gasteiger partial charge in [0.1, 0.15) is 6.54 Å². The molecule has 1 heterocycles. The molecule has 0 amide bonds. The van der Waals surface area contributed by atoms with Crippen LogP contribution in [0.25, 0.3) is 11.3 Å². The van der Waals surface area contributed by atoms with Crippen molar-refractivity contribution in [2.24, 2.45) is 0 Å².